The Morgan fingerprint density at radius 2 is 1.78 bits per heavy atom. The van der Waals surface area contributed by atoms with Crippen molar-refractivity contribution < 1.29 is 52.7 Å². The molecule has 4 heteroatoms. The van der Waals surface area contributed by atoms with E-state index in [-0.39, 0.29) is 59.8 Å². The zero-order chi connectivity index (χ0) is 14.8. The first kappa shape index (κ1) is 20.0. The minimum Gasteiger partial charge on any atom is -1.00 e. The van der Waals surface area contributed by atoms with Gasteiger partial charge in [0.1, 0.15) is 0 Å². The number of hydrogen-bond acceptors (Lipinski definition) is 2. The molecule has 0 radical (unpaired) electrons. The van der Waals surface area contributed by atoms with E-state index in [0.29, 0.717) is 11.7 Å². The topological polar surface area (TPSA) is 37.3 Å². The van der Waals surface area contributed by atoms with Crippen LogP contribution in [0, 0.1) is 28.6 Å². The number of aliphatic hydroxyl groups excluding tert-OH is 1. The van der Waals surface area contributed by atoms with Gasteiger partial charge in [-0.25, -0.2) is 0 Å². The first-order valence-corrected chi connectivity index (χ1v) is 8.87. The van der Waals surface area contributed by atoms with Gasteiger partial charge in [-0.05, 0) is 79.6 Å². The normalized spacial score (nSPS) is 48.1. The van der Waals surface area contributed by atoms with Gasteiger partial charge >= 0.3 is 18.9 Å². The van der Waals surface area contributed by atoms with Crippen molar-refractivity contribution in [1.29, 1.82) is 0 Å². The molecule has 0 aliphatic heterocycles. The molecule has 23 heavy (non-hydrogen) atoms. The van der Waals surface area contributed by atoms with E-state index in [1.54, 1.807) is 0 Å². The minimum absolute atomic E-state index is 0. The van der Waals surface area contributed by atoms with E-state index in [1.165, 1.54) is 31.3 Å². The average molecular weight is 422 g/mol. The van der Waals surface area contributed by atoms with Crippen LogP contribution < -0.4 is 42.8 Å². The van der Waals surface area contributed by atoms with E-state index in [4.69, 9.17) is 0 Å². The van der Waals surface area contributed by atoms with E-state index in [1.807, 2.05) is 6.08 Å². The molecule has 4 aliphatic rings. The number of aliphatic hydroxyl groups is 1. The van der Waals surface area contributed by atoms with E-state index in [2.05, 4.69) is 13.8 Å². The van der Waals surface area contributed by atoms with Gasteiger partial charge in [0.15, 0.2) is 5.78 Å². The summed E-state index contributed by atoms with van der Waals surface area (Å²) in [7, 11) is 0. The van der Waals surface area contributed by atoms with E-state index in [9.17, 15) is 9.90 Å². The molecule has 124 valence electrons. The molecule has 3 fully saturated rings. The number of fused-ring (bicyclic) bond motifs is 5. The van der Waals surface area contributed by atoms with E-state index >= 15 is 0 Å². The molecule has 1 N–H and O–H groups in total. The second kappa shape index (κ2) is 6.78. The Balaban J connectivity index is 0.000000960. The Morgan fingerprint density at radius 1 is 1.04 bits per heavy atom. The van der Waals surface area contributed by atoms with Crippen LogP contribution in [0.25, 0.3) is 0 Å². The Labute approximate surface area is 169 Å². The largest absolute Gasteiger partial charge is 1.00 e. The third-order valence-corrected chi connectivity index (χ3v) is 7.91. The van der Waals surface area contributed by atoms with Crippen LogP contribution in [-0.4, -0.2) is 17.0 Å². The molecule has 0 aromatic heterocycles. The van der Waals surface area contributed by atoms with Gasteiger partial charge in [0.2, 0.25) is 0 Å². The van der Waals surface area contributed by atoms with Crippen molar-refractivity contribution >= 4 is 5.78 Å². The number of hydrogen-bond donors (Lipinski definition) is 1. The van der Waals surface area contributed by atoms with Crippen molar-refractivity contribution in [3.8, 4) is 0 Å². The van der Waals surface area contributed by atoms with Crippen LogP contribution in [0.3, 0.4) is 0 Å². The second-order valence-electron chi connectivity index (χ2n) is 8.61. The summed E-state index contributed by atoms with van der Waals surface area (Å²) in [6, 6.07) is 0. The van der Waals surface area contributed by atoms with Crippen molar-refractivity contribution in [3.05, 3.63) is 11.6 Å². The Morgan fingerprint density at radius 3 is 2.52 bits per heavy atom. The van der Waals surface area contributed by atoms with Crippen LogP contribution in [0.2, 0.25) is 0 Å². The van der Waals surface area contributed by atoms with Gasteiger partial charge in [-0.1, -0.05) is 19.4 Å². The fourth-order valence-electron chi connectivity index (χ4n) is 6.53. The van der Waals surface area contributed by atoms with Gasteiger partial charge in [-0.3, -0.25) is 4.79 Å². The number of carbonyl (C=O) groups is 1. The number of ketones is 1. The molecule has 1 unspecified atom stereocenters. The fourth-order valence-corrected chi connectivity index (χ4v) is 6.53. The maximum Gasteiger partial charge on any atom is 1.00 e. The quantitative estimate of drug-likeness (QED) is 0.359. The first-order chi connectivity index (χ1) is 9.95. The van der Waals surface area contributed by atoms with Crippen LogP contribution in [0.4, 0.5) is 0 Å². The Hall–Kier alpha value is 0.697. The Kier molecular flexibility index (Phi) is 5.90. The van der Waals surface area contributed by atoms with Crippen LogP contribution in [-0.2, 0) is 4.79 Å². The summed E-state index contributed by atoms with van der Waals surface area (Å²) < 4.78 is 0. The number of carbonyl (C=O) groups excluding carboxylic acids is 1. The van der Waals surface area contributed by atoms with Gasteiger partial charge in [0.05, 0.1) is 6.10 Å². The molecular weight excluding hydrogens is 394 g/mol. The molecule has 0 amide bonds. The zero-order valence-electron chi connectivity index (χ0n) is 14.8. The predicted molar refractivity (Wildman–Crippen MR) is 82.7 cm³/mol. The SMILES string of the molecule is C[C@]12CCC(=O)C=C1CC[C@@H]1C3CC[C@H](O)[C@@]3(C)CC[C@H]12.[I-].[Li+]. The minimum atomic E-state index is -0.0823. The van der Waals surface area contributed by atoms with Crippen molar-refractivity contribution in [3.63, 3.8) is 0 Å². The fraction of sp³-hybridized carbons (Fsp3) is 0.842. The van der Waals surface area contributed by atoms with Crippen LogP contribution in [0.15, 0.2) is 11.6 Å². The summed E-state index contributed by atoms with van der Waals surface area (Å²) in [5, 5.41) is 10.4. The van der Waals surface area contributed by atoms with Gasteiger partial charge in [-0.2, -0.15) is 0 Å². The second-order valence-corrected chi connectivity index (χ2v) is 8.61. The van der Waals surface area contributed by atoms with Crippen LogP contribution in [0.1, 0.15) is 65.2 Å². The van der Waals surface area contributed by atoms with Crippen molar-refractivity contribution in [2.75, 3.05) is 0 Å². The number of halogens is 1. The molecule has 0 saturated heterocycles. The van der Waals surface area contributed by atoms with Crippen LogP contribution >= 0.6 is 0 Å². The summed E-state index contributed by atoms with van der Waals surface area (Å²) >= 11 is 0. The molecule has 0 heterocycles. The monoisotopic (exact) mass is 422 g/mol. The predicted octanol–water partition coefficient (Wildman–Crippen LogP) is -2.11. The molecule has 6 atom stereocenters. The Bertz CT molecular complexity index is 519. The average Bonchev–Trinajstić information content (AvgIpc) is 2.76. The van der Waals surface area contributed by atoms with E-state index < -0.39 is 0 Å². The standard InChI is InChI=1S/C19H28O2.HI.Li/c1-18-9-7-13(20)11-12(18)3-4-14-15-5-6-17(21)19(15,2)10-8-16(14)18;;/h11,14-17,21H,3-10H2,1-2H3;1H;/q;;+1/p-1/t14-,15?,16-,17+,18+,19+;;/m1../s1. The van der Waals surface area contributed by atoms with Crippen molar-refractivity contribution in [1.82, 2.24) is 0 Å². The van der Waals surface area contributed by atoms with Crippen LogP contribution in [0.5, 0.6) is 0 Å². The number of allylic oxidation sites excluding steroid dienone is 1. The third-order valence-electron chi connectivity index (χ3n) is 7.91. The summed E-state index contributed by atoms with van der Waals surface area (Å²) in [5.41, 5.74) is 1.89. The van der Waals surface area contributed by atoms with Crippen molar-refractivity contribution in [2.24, 2.45) is 28.6 Å². The van der Waals surface area contributed by atoms with Gasteiger partial charge in [0, 0.05) is 6.42 Å². The molecule has 3 saturated carbocycles. The molecule has 4 aliphatic carbocycles. The molecular formula is C19H28ILiO2. The number of rotatable bonds is 0. The summed E-state index contributed by atoms with van der Waals surface area (Å²) in [4.78, 5) is 11.8. The molecule has 0 aromatic rings. The van der Waals surface area contributed by atoms with Gasteiger partial charge in [0.25, 0.3) is 0 Å². The molecule has 0 spiro atoms. The summed E-state index contributed by atoms with van der Waals surface area (Å²) in [6.07, 6.45) is 10.7. The van der Waals surface area contributed by atoms with Gasteiger partial charge in [-0.15, -0.1) is 0 Å². The molecule has 0 aromatic carbocycles. The van der Waals surface area contributed by atoms with Gasteiger partial charge < -0.3 is 29.1 Å². The first-order valence-electron chi connectivity index (χ1n) is 8.87. The molecule has 2 nitrogen and oxygen atoms in total. The summed E-state index contributed by atoms with van der Waals surface area (Å²) in [5.74, 6) is 2.57. The van der Waals surface area contributed by atoms with Crippen molar-refractivity contribution in [2.45, 2.75) is 71.3 Å². The molecule has 0 bridgehead atoms. The molecule has 4 rings (SSSR count). The third kappa shape index (κ3) is 2.82. The smallest absolute Gasteiger partial charge is 1.00 e. The zero-order valence-corrected chi connectivity index (χ0v) is 16.9. The summed E-state index contributed by atoms with van der Waals surface area (Å²) in [6.45, 7) is 4.76. The maximum atomic E-state index is 11.8. The maximum absolute atomic E-state index is 11.8. The van der Waals surface area contributed by atoms with E-state index in [0.717, 1.165) is 37.5 Å².